The molecule has 1 aliphatic carbocycles. The van der Waals surface area contributed by atoms with Crippen LogP contribution in [0, 0.1) is 0 Å². The van der Waals surface area contributed by atoms with Crippen molar-refractivity contribution in [1.82, 2.24) is 9.89 Å². The summed E-state index contributed by atoms with van der Waals surface area (Å²) in [6.07, 6.45) is 1.93. The number of amides is 1. The Balaban J connectivity index is 1.25. The monoisotopic (exact) mass is 454 g/mol. The van der Waals surface area contributed by atoms with Crippen LogP contribution in [0.4, 0.5) is 11.4 Å². The van der Waals surface area contributed by atoms with Crippen molar-refractivity contribution in [3.63, 3.8) is 0 Å². The standard InChI is InChI=1S/C26H22N4O4/c1-33-16-7-8-20-18(10-16)26(25(32)28-20)11-19(26)14-5-6-15-12-27-30(22(15)9-14)29-21-4-2-3-17-23(31)13-34-24(17)21/h2-10,12,19,23,29,31H,11,13H2,1H3,(H,28,32)/t19?,23-,26?/m1/s1. The lowest BCUT2D eigenvalue weighted by Gasteiger charge is -2.13. The number of aliphatic hydroxyl groups excluding tert-OH is 1. The van der Waals surface area contributed by atoms with Crippen molar-refractivity contribution in [3.8, 4) is 11.5 Å². The molecule has 1 aromatic heterocycles. The predicted octanol–water partition coefficient (Wildman–Crippen LogP) is 3.72. The molecule has 7 rings (SSSR count). The number of fused-ring (bicyclic) bond motifs is 4. The van der Waals surface area contributed by atoms with Crippen LogP contribution in [0.2, 0.25) is 0 Å². The van der Waals surface area contributed by atoms with Gasteiger partial charge in [0.2, 0.25) is 5.91 Å². The molecular formula is C26H22N4O4. The molecule has 3 N–H and O–H groups in total. The lowest BCUT2D eigenvalue weighted by molar-refractivity contribution is -0.118. The molecule has 34 heavy (non-hydrogen) atoms. The van der Waals surface area contributed by atoms with E-state index in [9.17, 15) is 9.90 Å². The number of aliphatic hydroxyl groups is 1. The maximum Gasteiger partial charge on any atom is 0.235 e. The summed E-state index contributed by atoms with van der Waals surface area (Å²) >= 11 is 0. The van der Waals surface area contributed by atoms with Crippen LogP contribution in [0.3, 0.4) is 0 Å². The summed E-state index contributed by atoms with van der Waals surface area (Å²) in [5, 5.41) is 18.7. The minimum absolute atomic E-state index is 0.0445. The Bertz CT molecular complexity index is 1500. The van der Waals surface area contributed by atoms with Crippen molar-refractivity contribution in [3.05, 3.63) is 77.5 Å². The molecule has 3 aliphatic rings. The van der Waals surface area contributed by atoms with Crippen LogP contribution in [-0.2, 0) is 10.2 Å². The first kappa shape index (κ1) is 19.4. The Hall–Kier alpha value is -4.04. The van der Waals surface area contributed by atoms with Gasteiger partial charge in [-0.05, 0) is 47.9 Å². The fraction of sp³-hybridized carbons (Fsp3) is 0.231. The van der Waals surface area contributed by atoms with Gasteiger partial charge in [0, 0.05) is 22.6 Å². The van der Waals surface area contributed by atoms with Crippen molar-refractivity contribution in [2.75, 3.05) is 24.5 Å². The number of nitrogens with one attached hydrogen (secondary N) is 2. The van der Waals surface area contributed by atoms with Gasteiger partial charge < -0.3 is 19.9 Å². The van der Waals surface area contributed by atoms with Gasteiger partial charge in [0.25, 0.3) is 0 Å². The minimum atomic E-state index is -0.622. The van der Waals surface area contributed by atoms with E-state index in [1.165, 1.54) is 0 Å². The zero-order valence-electron chi connectivity index (χ0n) is 18.4. The second kappa shape index (κ2) is 6.74. The van der Waals surface area contributed by atoms with Crippen molar-refractivity contribution in [1.29, 1.82) is 0 Å². The number of carbonyl (C=O) groups excluding carboxylic acids is 1. The molecule has 1 saturated carbocycles. The fourth-order valence-corrected chi connectivity index (χ4v) is 5.47. The SMILES string of the molecule is COc1ccc2c(c1)C1(CC1c1ccc3cnn(Nc4cccc5c4OC[C@H]5O)c3c1)C(=O)N2. The second-order valence-electron chi connectivity index (χ2n) is 9.13. The smallest absolute Gasteiger partial charge is 0.235 e. The summed E-state index contributed by atoms with van der Waals surface area (Å²) in [5.74, 6) is 1.51. The summed E-state index contributed by atoms with van der Waals surface area (Å²) in [5.41, 5.74) is 8.12. The zero-order valence-corrected chi connectivity index (χ0v) is 18.4. The average molecular weight is 454 g/mol. The van der Waals surface area contributed by atoms with Crippen LogP contribution >= 0.6 is 0 Å². The Morgan fingerprint density at radius 3 is 3.03 bits per heavy atom. The second-order valence-corrected chi connectivity index (χ2v) is 9.13. The number of anilines is 2. The quantitative estimate of drug-likeness (QED) is 0.435. The van der Waals surface area contributed by atoms with E-state index < -0.39 is 11.5 Å². The summed E-state index contributed by atoms with van der Waals surface area (Å²) in [6.45, 7) is 0.246. The highest BCUT2D eigenvalue weighted by molar-refractivity contribution is 6.10. The normalized spacial score (nSPS) is 24.0. The fourth-order valence-electron chi connectivity index (χ4n) is 5.47. The Morgan fingerprint density at radius 2 is 2.15 bits per heavy atom. The van der Waals surface area contributed by atoms with E-state index in [1.54, 1.807) is 18.1 Å². The molecule has 3 heterocycles. The van der Waals surface area contributed by atoms with Gasteiger partial charge in [0.15, 0.2) is 0 Å². The number of para-hydroxylation sites is 1. The topological polar surface area (TPSA) is 97.6 Å². The van der Waals surface area contributed by atoms with Gasteiger partial charge in [-0.1, -0.05) is 24.3 Å². The molecule has 8 heteroatoms. The van der Waals surface area contributed by atoms with E-state index in [4.69, 9.17) is 9.47 Å². The number of hydrogen-bond acceptors (Lipinski definition) is 6. The predicted molar refractivity (Wildman–Crippen MR) is 126 cm³/mol. The van der Waals surface area contributed by atoms with E-state index >= 15 is 0 Å². The van der Waals surface area contributed by atoms with Gasteiger partial charge in [0.05, 0.1) is 29.9 Å². The molecule has 2 unspecified atom stereocenters. The first-order valence-electron chi connectivity index (χ1n) is 11.3. The van der Waals surface area contributed by atoms with Crippen molar-refractivity contribution < 1.29 is 19.4 Å². The van der Waals surface area contributed by atoms with E-state index in [0.29, 0.717) is 5.75 Å². The van der Waals surface area contributed by atoms with E-state index in [0.717, 1.165) is 51.1 Å². The number of ether oxygens (including phenoxy) is 2. The van der Waals surface area contributed by atoms with Gasteiger partial charge in [-0.15, -0.1) is 0 Å². The number of aromatic nitrogens is 2. The molecule has 0 bridgehead atoms. The highest BCUT2D eigenvalue weighted by Crippen LogP contribution is 2.65. The Morgan fingerprint density at radius 1 is 1.24 bits per heavy atom. The summed E-state index contributed by atoms with van der Waals surface area (Å²) in [6, 6.07) is 17.6. The van der Waals surface area contributed by atoms with E-state index in [-0.39, 0.29) is 18.4 Å². The summed E-state index contributed by atoms with van der Waals surface area (Å²) < 4.78 is 11.1. The van der Waals surface area contributed by atoms with Gasteiger partial charge in [0.1, 0.15) is 24.2 Å². The summed E-state index contributed by atoms with van der Waals surface area (Å²) in [7, 11) is 1.64. The number of rotatable bonds is 4. The van der Waals surface area contributed by atoms with Crippen LogP contribution in [0.25, 0.3) is 10.9 Å². The summed E-state index contributed by atoms with van der Waals surface area (Å²) in [4.78, 5) is 14.8. The third-order valence-electron chi connectivity index (χ3n) is 7.34. The molecule has 8 nitrogen and oxygen atoms in total. The largest absolute Gasteiger partial charge is 0.497 e. The van der Waals surface area contributed by atoms with Crippen molar-refractivity contribution in [2.24, 2.45) is 0 Å². The maximum atomic E-state index is 13.0. The first-order chi connectivity index (χ1) is 16.6. The van der Waals surface area contributed by atoms with Crippen LogP contribution in [0.15, 0.2) is 60.8 Å². The molecule has 1 amide bonds. The van der Waals surface area contributed by atoms with Crippen LogP contribution in [-0.4, -0.2) is 34.6 Å². The third kappa shape index (κ3) is 2.57. The van der Waals surface area contributed by atoms with E-state index in [2.05, 4.69) is 28.0 Å². The molecule has 3 atom stereocenters. The highest BCUT2D eigenvalue weighted by Gasteiger charge is 2.65. The highest BCUT2D eigenvalue weighted by atomic mass is 16.5. The number of carbonyl (C=O) groups is 1. The van der Waals surface area contributed by atoms with Gasteiger partial charge in [-0.25, -0.2) is 0 Å². The Kier molecular flexibility index (Phi) is 3.85. The van der Waals surface area contributed by atoms with Crippen LogP contribution < -0.4 is 20.2 Å². The van der Waals surface area contributed by atoms with Gasteiger partial charge in [-0.3, -0.25) is 10.2 Å². The number of nitrogens with zero attached hydrogens (tertiary/aromatic N) is 2. The van der Waals surface area contributed by atoms with Gasteiger partial charge >= 0.3 is 0 Å². The van der Waals surface area contributed by atoms with Gasteiger partial charge in [-0.2, -0.15) is 9.89 Å². The minimum Gasteiger partial charge on any atom is -0.497 e. The molecule has 3 aromatic carbocycles. The molecule has 2 aliphatic heterocycles. The Labute approximate surface area is 195 Å². The molecule has 0 radical (unpaired) electrons. The molecule has 4 aromatic rings. The zero-order chi connectivity index (χ0) is 23.0. The molecule has 0 saturated heterocycles. The van der Waals surface area contributed by atoms with Crippen LogP contribution in [0.5, 0.6) is 11.5 Å². The maximum absolute atomic E-state index is 13.0. The molecule has 1 fully saturated rings. The average Bonchev–Trinajstić information content (AvgIpc) is 3.17. The number of methoxy groups -OCH3 is 1. The molecular weight excluding hydrogens is 432 g/mol. The van der Waals surface area contributed by atoms with E-state index in [1.807, 2.05) is 42.5 Å². The van der Waals surface area contributed by atoms with Crippen LogP contribution in [0.1, 0.15) is 35.1 Å². The first-order valence-corrected chi connectivity index (χ1v) is 11.3. The lowest BCUT2D eigenvalue weighted by atomic mass is 9.91. The molecule has 1 spiro atoms. The number of benzene rings is 3. The van der Waals surface area contributed by atoms with Crippen molar-refractivity contribution in [2.45, 2.75) is 23.9 Å². The lowest BCUT2D eigenvalue weighted by Crippen LogP contribution is -2.21. The third-order valence-corrected chi connectivity index (χ3v) is 7.34. The van der Waals surface area contributed by atoms with Crippen molar-refractivity contribution >= 4 is 28.2 Å². The number of hydrogen-bond donors (Lipinski definition) is 3. The molecule has 170 valence electrons.